The van der Waals surface area contributed by atoms with Gasteiger partial charge >= 0.3 is 0 Å². The molecule has 6 heteroatoms. The van der Waals surface area contributed by atoms with Gasteiger partial charge in [-0.05, 0) is 79.7 Å². The standard InChI is InChI=1S/C30H31Cl2N2S2/c1-5-33-24-12-10-22(31)16-26(24)35-28(33)9-7-8-20-14-21(19-30(3,4)18-20)15-29-34(6-2)25-13-11-23(32)17-27(25)36-29/h7-17H,5-6,18-19H2,1-4H3/q+1. The first-order valence-electron chi connectivity index (χ1n) is 12.4. The topological polar surface area (TPSA) is 7.12 Å². The van der Waals surface area contributed by atoms with Gasteiger partial charge in [-0.1, -0.05) is 78.4 Å². The Morgan fingerprint density at radius 2 is 1.83 bits per heavy atom. The highest BCUT2D eigenvalue weighted by Gasteiger charge is 2.28. The lowest BCUT2D eigenvalue weighted by atomic mass is 9.75. The second-order valence-corrected chi connectivity index (χ2v) is 13.1. The van der Waals surface area contributed by atoms with E-state index in [9.17, 15) is 0 Å². The number of thiazole rings is 1. The third-order valence-electron chi connectivity index (χ3n) is 6.61. The molecule has 0 amide bonds. The summed E-state index contributed by atoms with van der Waals surface area (Å²) < 4.78 is 3.57. The first kappa shape index (κ1) is 25.7. The Bertz CT molecular complexity index is 1440. The molecule has 2 aliphatic rings. The van der Waals surface area contributed by atoms with Crippen LogP contribution >= 0.6 is 46.3 Å². The van der Waals surface area contributed by atoms with Gasteiger partial charge in [0.15, 0.2) is 0 Å². The lowest BCUT2D eigenvalue weighted by Gasteiger charge is -2.31. The smallest absolute Gasteiger partial charge is 0.262 e. The number of allylic oxidation sites excluding steroid dienone is 6. The van der Waals surface area contributed by atoms with Crippen molar-refractivity contribution in [1.82, 2.24) is 0 Å². The Labute approximate surface area is 232 Å². The molecule has 2 aromatic carbocycles. The largest absolute Gasteiger partial charge is 0.335 e. The van der Waals surface area contributed by atoms with Crippen LogP contribution in [0, 0.1) is 5.41 Å². The summed E-state index contributed by atoms with van der Waals surface area (Å²) in [4.78, 5) is 3.62. The molecule has 0 atom stereocenters. The van der Waals surface area contributed by atoms with Crippen molar-refractivity contribution in [2.24, 2.45) is 5.41 Å². The van der Waals surface area contributed by atoms with Crippen LogP contribution in [-0.4, -0.2) is 6.54 Å². The monoisotopic (exact) mass is 553 g/mol. The first-order valence-corrected chi connectivity index (χ1v) is 14.8. The van der Waals surface area contributed by atoms with Gasteiger partial charge in [0.1, 0.15) is 11.2 Å². The van der Waals surface area contributed by atoms with Crippen molar-refractivity contribution >= 4 is 68.3 Å². The van der Waals surface area contributed by atoms with Crippen LogP contribution in [0.1, 0.15) is 45.5 Å². The molecule has 2 nitrogen and oxygen atoms in total. The maximum absolute atomic E-state index is 6.27. The number of aryl methyl sites for hydroxylation is 1. The number of hydrogen-bond donors (Lipinski definition) is 0. The van der Waals surface area contributed by atoms with E-state index in [-0.39, 0.29) is 5.41 Å². The van der Waals surface area contributed by atoms with E-state index in [2.05, 4.69) is 91.8 Å². The second-order valence-electron chi connectivity index (χ2n) is 10.1. The molecule has 186 valence electrons. The van der Waals surface area contributed by atoms with Crippen molar-refractivity contribution in [3.63, 3.8) is 0 Å². The fraction of sp³-hybridized carbons (Fsp3) is 0.300. The van der Waals surface area contributed by atoms with Crippen molar-refractivity contribution < 1.29 is 4.57 Å². The summed E-state index contributed by atoms with van der Waals surface area (Å²) in [6.07, 6.45) is 13.6. The lowest BCUT2D eigenvalue weighted by molar-refractivity contribution is -0.665. The van der Waals surface area contributed by atoms with E-state index in [1.54, 1.807) is 11.3 Å². The van der Waals surface area contributed by atoms with Gasteiger partial charge < -0.3 is 4.90 Å². The van der Waals surface area contributed by atoms with Crippen molar-refractivity contribution in [1.29, 1.82) is 0 Å². The zero-order chi connectivity index (χ0) is 25.4. The minimum atomic E-state index is 0.217. The molecule has 0 fully saturated rings. The molecule has 0 bridgehead atoms. The van der Waals surface area contributed by atoms with E-state index < -0.39 is 0 Å². The van der Waals surface area contributed by atoms with Crippen LogP contribution in [-0.2, 0) is 6.54 Å². The Kier molecular flexibility index (Phi) is 7.42. The van der Waals surface area contributed by atoms with Crippen LogP contribution in [0.15, 0.2) is 81.8 Å². The van der Waals surface area contributed by atoms with Crippen LogP contribution in [0.5, 0.6) is 0 Å². The summed E-state index contributed by atoms with van der Waals surface area (Å²) in [6.45, 7) is 11.0. The lowest BCUT2D eigenvalue weighted by Crippen LogP contribution is -2.33. The molecule has 1 aliphatic heterocycles. The van der Waals surface area contributed by atoms with Gasteiger partial charge in [0.25, 0.3) is 5.01 Å². The van der Waals surface area contributed by atoms with Gasteiger partial charge in [-0.15, -0.1) is 0 Å². The minimum Gasteiger partial charge on any atom is -0.335 e. The number of nitrogens with zero attached hydrogens (tertiary/aromatic N) is 2. The Morgan fingerprint density at radius 1 is 1.06 bits per heavy atom. The maximum atomic E-state index is 6.27. The van der Waals surface area contributed by atoms with Crippen LogP contribution in [0.2, 0.25) is 10.0 Å². The fourth-order valence-electron chi connectivity index (χ4n) is 5.16. The zero-order valence-corrected chi connectivity index (χ0v) is 24.3. The summed E-state index contributed by atoms with van der Waals surface area (Å²) in [5, 5.41) is 4.10. The quantitative estimate of drug-likeness (QED) is 0.290. The highest BCUT2D eigenvalue weighted by molar-refractivity contribution is 8.03. The Morgan fingerprint density at radius 3 is 2.61 bits per heavy atom. The molecule has 0 saturated carbocycles. The minimum absolute atomic E-state index is 0.217. The normalized spacial score (nSPS) is 19.6. The van der Waals surface area contributed by atoms with Crippen molar-refractivity contribution in [2.75, 3.05) is 11.4 Å². The van der Waals surface area contributed by atoms with Crippen molar-refractivity contribution in [3.05, 3.63) is 91.9 Å². The van der Waals surface area contributed by atoms with Gasteiger partial charge in [0.05, 0.1) is 10.7 Å². The molecule has 0 saturated heterocycles. The Hall–Kier alpha value is -1.98. The second kappa shape index (κ2) is 10.4. The van der Waals surface area contributed by atoms with E-state index in [0.717, 1.165) is 36.0 Å². The SMILES string of the molecule is CCN1/C(=C/C2=CC(=C/C=C/c3sc4cc(Cl)ccc4[n+]3CC)/CC(C)(C)C2)Sc2cc(Cl)ccc21. The van der Waals surface area contributed by atoms with Gasteiger partial charge in [-0.3, -0.25) is 0 Å². The number of rotatable bonds is 5. The molecule has 1 aliphatic carbocycles. The molecule has 3 aromatic rings. The maximum Gasteiger partial charge on any atom is 0.262 e. The molecule has 0 unspecified atom stereocenters. The molecular formula is C30H31Cl2N2S2+. The molecule has 36 heavy (non-hydrogen) atoms. The predicted octanol–water partition coefficient (Wildman–Crippen LogP) is 9.68. The number of anilines is 1. The number of aromatic nitrogens is 1. The van der Waals surface area contributed by atoms with Gasteiger partial charge in [-0.25, -0.2) is 0 Å². The summed E-state index contributed by atoms with van der Waals surface area (Å²) in [5.74, 6) is 0. The van der Waals surface area contributed by atoms with Crippen LogP contribution in [0.25, 0.3) is 16.3 Å². The summed E-state index contributed by atoms with van der Waals surface area (Å²) >= 11 is 16.1. The van der Waals surface area contributed by atoms with E-state index in [4.69, 9.17) is 23.2 Å². The molecule has 0 spiro atoms. The summed E-state index contributed by atoms with van der Waals surface area (Å²) in [7, 11) is 0. The molecule has 5 rings (SSSR count). The van der Waals surface area contributed by atoms with Crippen LogP contribution in [0.3, 0.4) is 0 Å². The number of hydrogen-bond acceptors (Lipinski definition) is 3. The highest BCUT2D eigenvalue weighted by Crippen LogP contribution is 2.48. The van der Waals surface area contributed by atoms with Gasteiger partial charge in [-0.2, -0.15) is 4.57 Å². The van der Waals surface area contributed by atoms with E-state index in [1.807, 2.05) is 23.9 Å². The van der Waals surface area contributed by atoms with Crippen LogP contribution in [0.4, 0.5) is 5.69 Å². The molecule has 1 aromatic heterocycles. The molecular weight excluding hydrogens is 523 g/mol. The Balaban J connectivity index is 1.43. The average molecular weight is 555 g/mol. The van der Waals surface area contributed by atoms with Gasteiger partial charge in [0.2, 0.25) is 5.52 Å². The predicted molar refractivity (Wildman–Crippen MR) is 159 cm³/mol. The molecule has 2 heterocycles. The number of fused-ring (bicyclic) bond motifs is 2. The number of halogens is 2. The van der Waals surface area contributed by atoms with Gasteiger partial charge in [0, 0.05) is 33.6 Å². The molecule has 0 radical (unpaired) electrons. The number of benzene rings is 2. The fourth-order valence-corrected chi connectivity index (χ4v) is 8.06. The van der Waals surface area contributed by atoms with Crippen molar-refractivity contribution in [2.45, 2.75) is 52.0 Å². The summed E-state index contributed by atoms with van der Waals surface area (Å²) in [6, 6.07) is 12.3. The average Bonchev–Trinajstić information content (AvgIpc) is 3.33. The third kappa shape index (κ3) is 5.33. The van der Waals surface area contributed by atoms with Crippen molar-refractivity contribution in [3.8, 4) is 0 Å². The van der Waals surface area contributed by atoms with E-state index >= 15 is 0 Å². The zero-order valence-electron chi connectivity index (χ0n) is 21.1. The molecule has 0 N–H and O–H groups in total. The summed E-state index contributed by atoms with van der Waals surface area (Å²) in [5.41, 5.74) is 5.46. The van der Waals surface area contributed by atoms with Crippen LogP contribution < -0.4 is 9.47 Å². The number of thioether (sulfide) groups is 1. The first-order chi connectivity index (χ1) is 17.3. The highest BCUT2D eigenvalue weighted by atomic mass is 35.5. The van der Waals surface area contributed by atoms with E-state index in [1.165, 1.54) is 42.0 Å². The third-order valence-corrected chi connectivity index (χ3v) is 9.29. The van der Waals surface area contributed by atoms with E-state index in [0.29, 0.717) is 0 Å².